The largest absolute Gasteiger partial charge is 0.472 e. The fourth-order valence-corrected chi connectivity index (χ4v) is 6.05. The van der Waals surface area contributed by atoms with Gasteiger partial charge in [0.2, 0.25) is 11.9 Å². The fraction of sp³-hybridized carbons (Fsp3) is 0.556. The smallest absolute Gasteiger partial charge is 0.394 e. The molecular weight excluding hydrogens is 604 g/mol. The SMILES string of the molecule is Nc1ncn([C@@H]2O[C@H](COP(=O)(O)O[C@@H]3[C@H](Cl)[C@H](n4cnc5c(=O)[nH]c(N)nc54)O[C@@H]3CO)[C@H](O)[C@@H]2Cl)c(=O)n1. The van der Waals surface area contributed by atoms with E-state index in [1.54, 1.807) is 0 Å². The zero-order valence-electron chi connectivity index (χ0n) is 19.9. The first-order valence-corrected chi connectivity index (χ1v) is 13.7. The highest BCUT2D eigenvalue weighted by Crippen LogP contribution is 2.50. The van der Waals surface area contributed by atoms with Crippen molar-refractivity contribution in [3.8, 4) is 0 Å². The maximum Gasteiger partial charge on any atom is 0.472 e. The quantitative estimate of drug-likeness (QED) is 0.114. The summed E-state index contributed by atoms with van der Waals surface area (Å²) in [6.07, 6.45) is -5.51. The summed E-state index contributed by atoms with van der Waals surface area (Å²) in [4.78, 5) is 52.0. The molecule has 0 aliphatic carbocycles. The number of fused-ring (bicyclic) bond motifs is 1. The van der Waals surface area contributed by atoms with Gasteiger partial charge in [0.15, 0.2) is 23.6 Å². The Kier molecular flexibility index (Phi) is 7.87. The van der Waals surface area contributed by atoms with Crippen LogP contribution in [0.4, 0.5) is 11.9 Å². The summed E-state index contributed by atoms with van der Waals surface area (Å²) in [7, 11) is -4.94. The Bertz CT molecular complexity index is 1570. The van der Waals surface area contributed by atoms with E-state index in [-0.39, 0.29) is 23.1 Å². The predicted octanol–water partition coefficient (Wildman–Crippen LogP) is -2.20. The zero-order chi connectivity index (χ0) is 28.9. The van der Waals surface area contributed by atoms with Gasteiger partial charge < -0.3 is 36.0 Å². The second kappa shape index (κ2) is 10.9. The molecule has 0 amide bonds. The standard InChI is InChI=1S/C18H22Cl2N9O10P/c19-7-10(31)6(38-14(7)29-4-24-16(21)27-18(29)33)2-36-40(34,35)39-11-5(1-30)37-15(8(11)20)28-3-23-9-12(28)25-17(22)26-13(9)32/h3-8,10-11,14-15,30-31H,1-2H2,(H,34,35)(H2,21,27,33)(H3,22,25,26,32)/t5-,6-,7+,8+,10+,11+,14-,15-/m1/s1. The molecule has 2 saturated heterocycles. The summed E-state index contributed by atoms with van der Waals surface area (Å²) in [5.74, 6) is -0.481. The number of phosphoric ester groups is 1. The van der Waals surface area contributed by atoms with Gasteiger partial charge in [0.05, 0.1) is 19.5 Å². The third-order valence-electron chi connectivity index (χ3n) is 6.14. The molecule has 0 aromatic carbocycles. The summed E-state index contributed by atoms with van der Waals surface area (Å²) in [6.45, 7) is -1.38. The molecular formula is C18H22Cl2N9O10P. The number of nitrogens with one attached hydrogen (secondary N) is 1. The topological polar surface area (TPSA) is 278 Å². The second-order valence-electron chi connectivity index (χ2n) is 8.71. The molecule has 8 N–H and O–H groups in total. The number of nitrogens with zero attached hydrogens (tertiary/aromatic N) is 6. The molecule has 1 unspecified atom stereocenters. The lowest BCUT2D eigenvalue weighted by Crippen LogP contribution is -2.34. The molecule has 5 rings (SSSR count). The second-order valence-corrected chi connectivity index (χ2v) is 11.1. The molecule has 19 nitrogen and oxygen atoms in total. The molecule has 0 saturated carbocycles. The van der Waals surface area contributed by atoms with Gasteiger partial charge in [-0.1, -0.05) is 0 Å². The average molecular weight is 626 g/mol. The van der Waals surface area contributed by atoms with Gasteiger partial charge >= 0.3 is 13.5 Å². The molecule has 0 radical (unpaired) electrons. The number of rotatable bonds is 8. The third-order valence-corrected chi connectivity index (χ3v) is 8.06. The van der Waals surface area contributed by atoms with Crippen LogP contribution in [-0.2, 0) is 23.1 Å². The lowest BCUT2D eigenvalue weighted by atomic mass is 10.2. The Labute approximate surface area is 232 Å². The molecule has 9 atom stereocenters. The Hall–Kier alpha value is -2.71. The predicted molar refractivity (Wildman–Crippen MR) is 134 cm³/mol. The van der Waals surface area contributed by atoms with E-state index in [2.05, 4.69) is 24.9 Å². The number of aliphatic hydroxyl groups is 2. The van der Waals surface area contributed by atoms with Crippen LogP contribution in [0.3, 0.4) is 0 Å². The van der Waals surface area contributed by atoms with Gasteiger partial charge in [-0.25, -0.2) is 19.3 Å². The molecule has 0 spiro atoms. The Morgan fingerprint density at radius 1 is 1.07 bits per heavy atom. The Balaban J connectivity index is 1.28. The average Bonchev–Trinajstić information content (AvgIpc) is 3.53. The minimum Gasteiger partial charge on any atom is -0.394 e. The molecule has 2 aliphatic heterocycles. The van der Waals surface area contributed by atoms with Crippen molar-refractivity contribution in [3.05, 3.63) is 33.5 Å². The van der Waals surface area contributed by atoms with E-state index in [0.717, 1.165) is 10.9 Å². The third kappa shape index (κ3) is 5.32. The van der Waals surface area contributed by atoms with E-state index >= 15 is 0 Å². The molecule has 40 heavy (non-hydrogen) atoms. The first-order valence-electron chi connectivity index (χ1n) is 11.4. The highest BCUT2D eigenvalue weighted by atomic mass is 35.5. The summed E-state index contributed by atoms with van der Waals surface area (Å²) >= 11 is 12.7. The van der Waals surface area contributed by atoms with Gasteiger partial charge in [0, 0.05) is 0 Å². The van der Waals surface area contributed by atoms with Crippen LogP contribution < -0.4 is 22.7 Å². The zero-order valence-corrected chi connectivity index (χ0v) is 22.3. The van der Waals surface area contributed by atoms with Crippen LogP contribution >= 0.6 is 31.0 Å². The van der Waals surface area contributed by atoms with Crippen molar-refractivity contribution in [1.82, 2.24) is 34.1 Å². The maximum atomic E-state index is 12.8. The van der Waals surface area contributed by atoms with Crippen LogP contribution in [0.15, 0.2) is 22.2 Å². The van der Waals surface area contributed by atoms with Gasteiger partial charge in [0.1, 0.15) is 41.5 Å². The number of hydrogen-bond donors (Lipinski definition) is 6. The number of hydrogen-bond acceptors (Lipinski definition) is 15. The van der Waals surface area contributed by atoms with Crippen molar-refractivity contribution < 1.29 is 38.2 Å². The number of aromatic nitrogens is 7. The number of halogens is 2. The van der Waals surface area contributed by atoms with E-state index in [9.17, 15) is 29.3 Å². The summed E-state index contributed by atoms with van der Waals surface area (Å²) in [6, 6.07) is 0. The van der Waals surface area contributed by atoms with Crippen molar-refractivity contribution in [2.75, 3.05) is 24.7 Å². The molecule has 0 bridgehead atoms. The number of imidazole rings is 1. The Morgan fingerprint density at radius 2 is 1.75 bits per heavy atom. The highest BCUT2D eigenvalue weighted by molar-refractivity contribution is 7.47. The van der Waals surface area contributed by atoms with E-state index < -0.39 is 79.9 Å². The molecule has 22 heteroatoms. The van der Waals surface area contributed by atoms with Crippen molar-refractivity contribution in [3.63, 3.8) is 0 Å². The van der Waals surface area contributed by atoms with Gasteiger partial charge in [-0.2, -0.15) is 9.97 Å². The van der Waals surface area contributed by atoms with Crippen LogP contribution in [0, 0.1) is 0 Å². The van der Waals surface area contributed by atoms with Crippen LogP contribution in [0.1, 0.15) is 12.5 Å². The summed E-state index contributed by atoms with van der Waals surface area (Å²) < 4.78 is 36.5. The van der Waals surface area contributed by atoms with Crippen molar-refractivity contribution in [1.29, 1.82) is 0 Å². The number of phosphoric acid groups is 1. The molecule has 3 aromatic rings. The first-order chi connectivity index (χ1) is 18.9. The number of nitrogen functional groups attached to an aromatic ring is 2. The normalized spacial score (nSPS) is 32.0. The molecule has 2 aliphatic rings. The number of ether oxygens (including phenoxy) is 2. The number of aliphatic hydroxyl groups excluding tert-OH is 2. The number of alkyl halides is 2. The summed E-state index contributed by atoms with van der Waals surface area (Å²) in [5.41, 5.74) is 9.47. The van der Waals surface area contributed by atoms with E-state index in [4.69, 9.17) is 53.2 Å². The maximum absolute atomic E-state index is 12.8. The van der Waals surface area contributed by atoms with Crippen molar-refractivity contribution >= 4 is 54.1 Å². The minimum atomic E-state index is -4.94. The van der Waals surface area contributed by atoms with Crippen LogP contribution in [0.25, 0.3) is 11.2 Å². The summed E-state index contributed by atoms with van der Waals surface area (Å²) in [5, 5.41) is 17.9. The Morgan fingerprint density at radius 3 is 2.45 bits per heavy atom. The highest BCUT2D eigenvalue weighted by Gasteiger charge is 2.50. The lowest BCUT2D eigenvalue weighted by molar-refractivity contribution is -0.0567. The van der Waals surface area contributed by atoms with Gasteiger partial charge in [-0.05, 0) is 0 Å². The van der Waals surface area contributed by atoms with Crippen LogP contribution in [0.2, 0.25) is 0 Å². The number of anilines is 2. The molecule has 5 heterocycles. The monoisotopic (exact) mass is 625 g/mol. The van der Waals surface area contributed by atoms with E-state index in [1.165, 1.54) is 10.9 Å². The van der Waals surface area contributed by atoms with Gasteiger partial charge in [-0.15, -0.1) is 23.2 Å². The van der Waals surface area contributed by atoms with Crippen molar-refractivity contribution in [2.24, 2.45) is 0 Å². The van der Waals surface area contributed by atoms with E-state index in [0.29, 0.717) is 0 Å². The molecule has 218 valence electrons. The first kappa shape index (κ1) is 28.8. The fourth-order valence-electron chi connectivity index (χ4n) is 4.27. The van der Waals surface area contributed by atoms with Crippen LogP contribution in [-0.4, -0.2) is 97.5 Å². The van der Waals surface area contributed by atoms with Crippen molar-refractivity contribution in [2.45, 2.75) is 47.6 Å². The number of aromatic amines is 1. The molecule has 3 aromatic heterocycles. The van der Waals surface area contributed by atoms with Gasteiger partial charge in [-0.3, -0.25) is 28.0 Å². The lowest BCUT2D eigenvalue weighted by Gasteiger charge is -2.23. The van der Waals surface area contributed by atoms with Gasteiger partial charge in [0.25, 0.3) is 5.56 Å². The number of nitrogens with two attached hydrogens (primary N) is 2. The van der Waals surface area contributed by atoms with Crippen LogP contribution in [0.5, 0.6) is 0 Å². The number of H-pyrrole nitrogens is 1. The molecule has 2 fully saturated rings. The van der Waals surface area contributed by atoms with E-state index in [1.807, 2.05) is 0 Å². The minimum absolute atomic E-state index is 0.0147.